The van der Waals surface area contributed by atoms with E-state index in [0.717, 1.165) is 31.7 Å². The van der Waals surface area contributed by atoms with Crippen LogP contribution < -0.4 is 5.73 Å². The first-order valence-corrected chi connectivity index (χ1v) is 10.2. The molecule has 0 bridgehead atoms. The van der Waals surface area contributed by atoms with Gasteiger partial charge in [0.1, 0.15) is 0 Å². The van der Waals surface area contributed by atoms with Gasteiger partial charge in [0.2, 0.25) is 5.91 Å². The first-order chi connectivity index (χ1) is 13.3. The van der Waals surface area contributed by atoms with Crippen LogP contribution in [0.5, 0.6) is 0 Å². The van der Waals surface area contributed by atoms with Crippen LogP contribution in [0.15, 0.2) is 60.7 Å². The Morgan fingerprint density at radius 3 is 1.89 bits per heavy atom. The fourth-order valence-corrected chi connectivity index (χ4v) is 3.97. The molecule has 2 N–H and O–H groups in total. The van der Waals surface area contributed by atoms with Gasteiger partial charge in [-0.25, -0.2) is 0 Å². The van der Waals surface area contributed by atoms with Crippen molar-refractivity contribution in [2.75, 3.05) is 26.2 Å². The largest absolute Gasteiger partial charge is 0.340 e. The summed E-state index contributed by atoms with van der Waals surface area (Å²) in [6.45, 7) is 9.56. The molecule has 1 heterocycles. The topological polar surface area (TPSA) is 49.6 Å². The zero-order valence-electron chi connectivity index (χ0n) is 17.3. The number of piperazine rings is 1. The van der Waals surface area contributed by atoms with Crippen molar-refractivity contribution in [2.45, 2.75) is 39.3 Å². The Morgan fingerprint density at radius 1 is 0.893 bits per heavy atom. The van der Waals surface area contributed by atoms with Crippen LogP contribution in [0.2, 0.25) is 0 Å². The SMILES string of the molecule is CC(C)(C)CC(=O)N1CCN([C@H](c2ccccc2)[C@@H](N)c2ccccc2)CC1. The van der Waals surface area contributed by atoms with Crippen molar-refractivity contribution in [3.05, 3.63) is 71.8 Å². The number of benzene rings is 2. The standard InChI is InChI=1S/C24H33N3O/c1-24(2,3)18-21(28)26-14-16-27(17-15-26)23(20-12-8-5-9-13-20)22(25)19-10-6-4-7-11-19/h4-13,22-23H,14-18,25H2,1-3H3/t22-,23+/m0/s1. The summed E-state index contributed by atoms with van der Waals surface area (Å²) in [6.07, 6.45) is 0.596. The highest BCUT2D eigenvalue weighted by Gasteiger charge is 2.32. The van der Waals surface area contributed by atoms with E-state index in [1.165, 1.54) is 5.56 Å². The van der Waals surface area contributed by atoms with E-state index in [2.05, 4.69) is 62.1 Å². The zero-order chi connectivity index (χ0) is 20.1. The summed E-state index contributed by atoms with van der Waals surface area (Å²) in [5.74, 6) is 0.260. The number of nitrogens with two attached hydrogens (primary N) is 1. The molecule has 0 saturated carbocycles. The Hall–Kier alpha value is -2.17. The van der Waals surface area contributed by atoms with Crippen molar-refractivity contribution in [3.8, 4) is 0 Å². The Bertz CT molecular complexity index is 746. The van der Waals surface area contributed by atoms with Crippen molar-refractivity contribution in [2.24, 2.45) is 11.1 Å². The first kappa shape index (κ1) is 20.6. The molecule has 0 aliphatic carbocycles. The Balaban J connectivity index is 1.75. The van der Waals surface area contributed by atoms with Gasteiger partial charge in [0.05, 0.1) is 6.04 Å². The molecule has 1 aliphatic heterocycles. The summed E-state index contributed by atoms with van der Waals surface area (Å²) in [5, 5.41) is 0. The van der Waals surface area contributed by atoms with E-state index in [1.54, 1.807) is 0 Å². The molecule has 2 aromatic rings. The minimum atomic E-state index is -0.111. The van der Waals surface area contributed by atoms with Crippen LogP contribution in [0.3, 0.4) is 0 Å². The molecule has 4 heteroatoms. The van der Waals surface area contributed by atoms with E-state index < -0.39 is 0 Å². The monoisotopic (exact) mass is 379 g/mol. The van der Waals surface area contributed by atoms with E-state index in [9.17, 15) is 4.79 Å². The lowest BCUT2D eigenvalue weighted by atomic mass is 9.91. The van der Waals surface area contributed by atoms with Crippen LogP contribution in [-0.4, -0.2) is 41.9 Å². The maximum Gasteiger partial charge on any atom is 0.223 e. The number of hydrogen-bond donors (Lipinski definition) is 1. The predicted molar refractivity (Wildman–Crippen MR) is 115 cm³/mol. The van der Waals surface area contributed by atoms with Gasteiger partial charge in [-0.15, -0.1) is 0 Å². The molecular formula is C24H33N3O. The van der Waals surface area contributed by atoms with E-state index in [4.69, 9.17) is 5.73 Å². The number of nitrogens with zero attached hydrogens (tertiary/aromatic N) is 2. The van der Waals surface area contributed by atoms with Gasteiger partial charge in [-0.1, -0.05) is 81.4 Å². The maximum atomic E-state index is 12.6. The molecule has 4 nitrogen and oxygen atoms in total. The summed E-state index contributed by atoms with van der Waals surface area (Å²) < 4.78 is 0. The minimum absolute atomic E-state index is 0.0243. The van der Waals surface area contributed by atoms with Crippen molar-refractivity contribution < 1.29 is 4.79 Å². The second kappa shape index (κ2) is 8.89. The van der Waals surface area contributed by atoms with Crippen molar-refractivity contribution in [1.82, 2.24) is 9.80 Å². The zero-order valence-corrected chi connectivity index (χ0v) is 17.3. The number of hydrogen-bond acceptors (Lipinski definition) is 3. The van der Waals surface area contributed by atoms with E-state index in [1.807, 2.05) is 29.2 Å². The van der Waals surface area contributed by atoms with E-state index >= 15 is 0 Å². The molecule has 150 valence electrons. The van der Waals surface area contributed by atoms with Crippen LogP contribution in [0.4, 0.5) is 0 Å². The number of amides is 1. The molecule has 1 aliphatic rings. The van der Waals surface area contributed by atoms with Gasteiger partial charge in [-0.05, 0) is 16.5 Å². The Labute approximate surface area is 169 Å². The maximum absolute atomic E-state index is 12.6. The summed E-state index contributed by atoms with van der Waals surface area (Å²) in [6, 6.07) is 20.8. The van der Waals surface area contributed by atoms with Gasteiger partial charge in [-0.3, -0.25) is 9.69 Å². The molecule has 28 heavy (non-hydrogen) atoms. The molecule has 2 atom stereocenters. The third-order valence-corrected chi connectivity index (χ3v) is 5.41. The minimum Gasteiger partial charge on any atom is -0.340 e. The lowest BCUT2D eigenvalue weighted by Gasteiger charge is -2.42. The van der Waals surface area contributed by atoms with Gasteiger partial charge in [0, 0.05) is 38.6 Å². The fourth-order valence-electron chi connectivity index (χ4n) is 3.97. The van der Waals surface area contributed by atoms with Gasteiger partial charge in [0.25, 0.3) is 0 Å². The lowest BCUT2D eigenvalue weighted by molar-refractivity contribution is -0.135. The summed E-state index contributed by atoms with van der Waals surface area (Å²) in [4.78, 5) is 17.0. The second-order valence-electron chi connectivity index (χ2n) is 8.95. The van der Waals surface area contributed by atoms with Crippen molar-refractivity contribution >= 4 is 5.91 Å². The Kier molecular flexibility index (Phi) is 6.53. The van der Waals surface area contributed by atoms with Gasteiger partial charge < -0.3 is 10.6 Å². The van der Waals surface area contributed by atoms with Gasteiger partial charge in [-0.2, -0.15) is 0 Å². The van der Waals surface area contributed by atoms with Crippen molar-refractivity contribution in [3.63, 3.8) is 0 Å². The molecule has 0 radical (unpaired) electrons. The summed E-state index contributed by atoms with van der Waals surface area (Å²) in [7, 11) is 0. The highest BCUT2D eigenvalue weighted by Crippen LogP contribution is 2.33. The molecule has 0 unspecified atom stereocenters. The smallest absolute Gasteiger partial charge is 0.223 e. The molecule has 3 rings (SSSR count). The average Bonchev–Trinajstić information content (AvgIpc) is 2.69. The van der Waals surface area contributed by atoms with Crippen LogP contribution in [0.1, 0.15) is 50.4 Å². The van der Waals surface area contributed by atoms with Crippen LogP contribution in [0.25, 0.3) is 0 Å². The van der Waals surface area contributed by atoms with Crippen LogP contribution in [0, 0.1) is 5.41 Å². The number of carbonyl (C=O) groups excluding carboxylic acids is 1. The highest BCUT2D eigenvalue weighted by atomic mass is 16.2. The highest BCUT2D eigenvalue weighted by molar-refractivity contribution is 5.76. The van der Waals surface area contributed by atoms with E-state index in [-0.39, 0.29) is 23.4 Å². The third kappa shape index (κ3) is 5.21. The molecule has 2 aromatic carbocycles. The molecule has 0 spiro atoms. The summed E-state index contributed by atoms with van der Waals surface area (Å²) in [5.41, 5.74) is 9.15. The van der Waals surface area contributed by atoms with E-state index in [0.29, 0.717) is 6.42 Å². The van der Waals surface area contributed by atoms with Crippen LogP contribution in [-0.2, 0) is 4.79 Å². The number of rotatable bonds is 5. The lowest BCUT2D eigenvalue weighted by Crippen LogP contribution is -2.51. The quantitative estimate of drug-likeness (QED) is 0.854. The molecular weight excluding hydrogens is 346 g/mol. The van der Waals surface area contributed by atoms with Gasteiger partial charge >= 0.3 is 0 Å². The summed E-state index contributed by atoms with van der Waals surface area (Å²) >= 11 is 0. The first-order valence-electron chi connectivity index (χ1n) is 10.2. The van der Waals surface area contributed by atoms with Crippen molar-refractivity contribution in [1.29, 1.82) is 0 Å². The number of carbonyl (C=O) groups is 1. The van der Waals surface area contributed by atoms with Gasteiger partial charge in [0.15, 0.2) is 0 Å². The predicted octanol–water partition coefficient (Wildman–Crippen LogP) is 4.01. The average molecular weight is 380 g/mol. The molecule has 1 saturated heterocycles. The normalized spacial score (nSPS) is 17.9. The Morgan fingerprint density at radius 2 is 1.39 bits per heavy atom. The second-order valence-corrected chi connectivity index (χ2v) is 8.95. The molecule has 1 amide bonds. The third-order valence-electron chi connectivity index (χ3n) is 5.41. The molecule has 1 fully saturated rings. The fraction of sp³-hybridized carbons (Fsp3) is 0.458. The van der Waals surface area contributed by atoms with Crippen LogP contribution >= 0.6 is 0 Å². The molecule has 0 aromatic heterocycles.